The molecule has 0 fully saturated rings. The van der Waals surface area contributed by atoms with Crippen molar-refractivity contribution in [2.45, 2.75) is 19.1 Å². The van der Waals surface area contributed by atoms with Crippen LogP contribution in [0.5, 0.6) is 0 Å². The summed E-state index contributed by atoms with van der Waals surface area (Å²) in [5, 5.41) is 5.13. The summed E-state index contributed by atoms with van der Waals surface area (Å²) in [7, 11) is 0. The standard InChI is InChI=1S/C19H21N3O3S/c1-12-3-7-15(8-4-12)21-17(23)11-26-13(2)19(25)22-16-9-5-14(6-10-16)18(20)24/h3-10,13H,11H2,1-2H3,(H2,20,24)(H,21,23)(H,22,25)/t13-/m0/s1. The maximum Gasteiger partial charge on any atom is 0.248 e. The fraction of sp³-hybridized carbons (Fsp3) is 0.211. The third kappa shape index (κ3) is 5.93. The molecule has 0 bridgehead atoms. The van der Waals surface area contributed by atoms with E-state index in [1.54, 1.807) is 31.2 Å². The minimum Gasteiger partial charge on any atom is -0.366 e. The highest BCUT2D eigenvalue weighted by Crippen LogP contribution is 2.16. The minimum absolute atomic E-state index is 0.163. The Labute approximate surface area is 156 Å². The number of benzene rings is 2. The highest BCUT2D eigenvalue weighted by Gasteiger charge is 2.15. The molecular formula is C19H21N3O3S. The monoisotopic (exact) mass is 371 g/mol. The van der Waals surface area contributed by atoms with Crippen molar-refractivity contribution in [3.63, 3.8) is 0 Å². The number of hydrogen-bond acceptors (Lipinski definition) is 4. The first kappa shape index (κ1) is 19.5. The molecule has 3 amide bonds. The van der Waals surface area contributed by atoms with Gasteiger partial charge in [-0.3, -0.25) is 14.4 Å². The molecular weight excluding hydrogens is 350 g/mol. The van der Waals surface area contributed by atoms with E-state index in [1.165, 1.54) is 11.8 Å². The van der Waals surface area contributed by atoms with E-state index in [0.29, 0.717) is 11.3 Å². The topological polar surface area (TPSA) is 101 Å². The van der Waals surface area contributed by atoms with Crippen LogP contribution in [0.1, 0.15) is 22.8 Å². The number of primary amides is 1. The number of hydrogen-bond donors (Lipinski definition) is 3. The van der Waals surface area contributed by atoms with Crippen molar-refractivity contribution >= 4 is 40.9 Å². The Bertz CT molecular complexity index is 789. The third-order valence-corrected chi connectivity index (χ3v) is 4.75. The molecule has 0 saturated heterocycles. The van der Waals surface area contributed by atoms with Gasteiger partial charge in [-0.05, 0) is 50.2 Å². The van der Waals surface area contributed by atoms with Crippen molar-refractivity contribution in [1.29, 1.82) is 0 Å². The van der Waals surface area contributed by atoms with Crippen LogP contribution in [0.3, 0.4) is 0 Å². The first-order valence-corrected chi connectivity index (χ1v) is 9.09. The van der Waals surface area contributed by atoms with Crippen molar-refractivity contribution in [2.75, 3.05) is 16.4 Å². The smallest absolute Gasteiger partial charge is 0.248 e. The molecule has 0 spiro atoms. The minimum atomic E-state index is -0.522. The highest BCUT2D eigenvalue weighted by atomic mass is 32.2. The largest absolute Gasteiger partial charge is 0.366 e. The number of aryl methyl sites for hydroxylation is 1. The van der Waals surface area contributed by atoms with Crippen LogP contribution in [0.25, 0.3) is 0 Å². The molecule has 0 saturated carbocycles. The van der Waals surface area contributed by atoms with E-state index >= 15 is 0 Å². The molecule has 0 heterocycles. The van der Waals surface area contributed by atoms with Crippen molar-refractivity contribution in [2.24, 2.45) is 5.73 Å². The van der Waals surface area contributed by atoms with Crippen molar-refractivity contribution < 1.29 is 14.4 Å². The zero-order chi connectivity index (χ0) is 19.1. The molecule has 7 heteroatoms. The number of nitrogens with two attached hydrogens (primary N) is 1. The summed E-state index contributed by atoms with van der Waals surface area (Å²) in [5.41, 5.74) is 7.96. The maximum absolute atomic E-state index is 12.2. The zero-order valence-electron chi connectivity index (χ0n) is 14.6. The Morgan fingerprint density at radius 2 is 1.50 bits per heavy atom. The van der Waals surface area contributed by atoms with Crippen LogP contribution >= 0.6 is 11.8 Å². The molecule has 0 aliphatic heterocycles. The van der Waals surface area contributed by atoms with E-state index in [-0.39, 0.29) is 17.6 Å². The molecule has 0 unspecified atom stereocenters. The molecule has 0 aromatic heterocycles. The summed E-state index contributed by atoms with van der Waals surface area (Å²) in [6.07, 6.45) is 0. The Kier molecular flexibility index (Phi) is 6.80. The lowest BCUT2D eigenvalue weighted by molar-refractivity contribution is -0.115. The van der Waals surface area contributed by atoms with Gasteiger partial charge in [-0.15, -0.1) is 11.8 Å². The number of nitrogens with one attached hydrogen (secondary N) is 2. The molecule has 2 rings (SSSR count). The number of rotatable bonds is 7. The molecule has 26 heavy (non-hydrogen) atoms. The van der Waals surface area contributed by atoms with Gasteiger partial charge in [0.15, 0.2) is 0 Å². The van der Waals surface area contributed by atoms with Crippen LogP contribution < -0.4 is 16.4 Å². The van der Waals surface area contributed by atoms with E-state index in [9.17, 15) is 14.4 Å². The second kappa shape index (κ2) is 9.05. The van der Waals surface area contributed by atoms with Gasteiger partial charge in [0.1, 0.15) is 0 Å². The second-order valence-electron chi connectivity index (χ2n) is 5.80. The summed E-state index contributed by atoms with van der Waals surface area (Å²) >= 11 is 1.24. The van der Waals surface area contributed by atoms with Gasteiger partial charge in [0, 0.05) is 16.9 Å². The van der Waals surface area contributed by atoms with Gasteiger partial charge in [0.25, 0.3) is 0 Å². The van der Waals surface area contributed by atoms with Crippen LogP contribution in [0.4, 0.5) is 11.4 Å². The third-order valence-electron chi connectivity index (χ3n) is 3.61. The summed E-state index contributed by atoms with van der Waals surface area (Å²) in [5.74, 6) is -0.732. The van der Waals surface area contributed by atoms with Gasteiger partial charge in [0.05, 0.1) is 11.0 Å². The highest BCUT2D eigenvalue weighted by molar-refractivity contribution is 8.01. The second-order valence-corrected chi connectivity index (χ2v) is 7.13. The van der Waals surface area contributed by atoms with Crippen molar-refractivity contribution in [3.8, 4) is 0 Å². The van der Waals surface area contributed by atoms with Gasteiger partial charge >= 0.3 is 0 Å². The fourth-order valence-electron chi connectivity index (χ4n) is 2.07. The Balaban J connectivity index is 1.79. The van der Waals surface area contributed by atoms with Gasteiger partial charge in [0.2, 0.25) is 17.7 Å². The average Bonchev–Trinajstić information content (AvgIpc) is 2.62. The van der Waals surface area contributed by atoms with Gasteiger partial charge < -0.3 is 16.4 Å². The molecule has 2 aromatic carbocycles. The first-order chi connectivity index (χ1) is 12.3. The van der Waals surface area contributed by atoms with Crippen LogP contribution in [0.15, 0.2) is 48.5 Å². The van der Waals surface area contributed by atoms with Crippen LogP contribution in [0.2, 0.25) is 0 Å². The Morgan fingerprint density at radius 3 is 2.08 bits per heavy atom. The number of anilines is 2. The van der Waals surface area contributed by atoms with Crippen molar-refractivity contribution in [1.82, 2.24) is 0 Å². The van der Waals surface area contributed by atoms with Crippen molar-refractivity contribution in [3.05, 3.63) is 59.7 Å². The molecule has 6 nitrogen and oxygen atoms in total. The summed E-state index contributed by atoms with van der Waals surface area (Å²) in [4.78, 5) is 35.2. The zero-order valence-corrected chi connectivity index (χ0v) is 15.4. The summed E-state index contributed by atoms with van der Waals surface area (Å²) in [6, 6.07) is 13.8. The average molecular weight is 371 g/mol. The van der Waals surface area contributed by atoms with E-state index in [0.717, 1.165) is 11.3 Å². The molecule has 0 aliphatic rings. The predicted molar refractivity (Wildman–Crippen MR) is 105 cm³/mol. The molecule has 136 valence electrons. The summed E-state index contributed by atoms with van der Waals surface area (Å²) in [6.45, 7) is 3.71. The van der Waals surface area contributed by atoms with E-state index in [2.05, 4.69) is 10.6 Å². The fourth-order valence-corrected chi connectivity index (χ4v) is 2.76. The quantitative estimate of drug-likeness (QED) is 0.696. The maximum atomic E-state index is 12.2. The molecule has 2 aromatic rings. The van der Waals surface area contributed by atoms with E-state index < -0.39 is 11.2 Å². The lowest BCUT2D eigenvalue weighted by Crippen LogP contribution is -2.25. The van der Waals surface area contributed by atoms with Crippen LogP contribution in [-0.4, -0.2) is 28.7 Å². The summed E-state index contributed by atoms with van der Waals surface area (Å²) < 4.78 is 0. The van der Waals surface area contributed by atoms with E-state index in [4.69, 9.17) is 5.73 Å². The number of carbonyl (C=O) groups is 3. The number of amides is 3. The van der Waals surface area contributed by atoms with Gasteiger partial charge in [-0.1, -0.05) is 17.7 Å². The Hall–Kier alpha value is -2.80. The molecule has 4 N–H and O–H groups in total. The number of carbonyl (C=O) groups excluding carboxylic acids is 3. The molecule has 1 atom stereocenters. The normalized spacial score (nSPS) is 11.5. The number of thioether (sulfide) groups is 1. The lowest BCUT2D eigenvalue weighted by Gasteiger charge is -2.12. The van der Waals surface area contributed by atoms with Crippen LogP contribution in [0, 0.1) is 6.92 Å². The molecule has 0 aliphatic carbocycles. The van der Waals surface area contributed by atoms with E-state index in [1.807, 2.05) is 31.2 Å². The lowest BCUT2D eigenvalue weighted by atomic mass is 10.2. The SMILES string of the molecule is Cc1ccc(NC(=O)CS[C@@H](C)C(=O)Nc2ccc(C(N)=O)cc2)cc1. The van der Waals surface area contributed by atoms with Gasteiger partial charge in [-0.25, -0.2) is 0 Å². The van der Waals surface area contributed by atoms with Crippen LogP contribution in [-0.2, 0) is 9.59 Å². The molecule has 0 radical (unpaired) electrons. The predicted octanol–water partition coefficient (Wildman–Crippen LogP) is 2.79. The Morgan fingerprint density at radius 1 is 0.962 bits per heavy atom. The van der Waals surface area contributed by atoms with Gasteiger partial charge in [-0.2, -0.15) is 0 Å². The first-order valence-electron chi connectivity index (χ1n) is 8.04.